The zero-order chi connectivity index (χ0) is 45.9. The second-order valence-electron chi connectivity index (χ2n) is 13.8. The Balaban J connectivity index is 0.000000195. The smallest absolute Gasteiger partial charge is 0.451 e. The summed E-state index contributed by atoms with van der Waals surface area (Å²) in [5.74, 6) is -1.15. The highest BCUT2D eigenvalue weighted by molar-refractivity contribution is 6.00. The van der Waals surface area contributed by atoms with Crippen molar-refractivity contribution in [3.8, 4) is 11.5 Å². The molecule has 2 aliphatic heterocycles. The second kappa shape index (κ2) is 18.0. The van der Waals surface area contributed by atoms with E-state index in [0.29, 0.717) is 33.3 Å². The van der Waals surface area contributed by atoms with E-state index in [1.165, 1.54) is 0 Å². The highest BCUT2D eigenvalue weighted by atomic mass is 19.4. The molecule has 6 N–H and O–H groups in total. The molecule has 0 radical (unpaired) electrons. The molecule has 4 aromatic heterocycles. The third kappa shape index (κ3) is 9.62. The van der Waals surface area contributed by atoms with Crippen LogP contribution in [0.3, 0.4) is 0 Å². The molecule has 0 atom stereocenters. The molecule has 2 aliphatic rings. The monoisotopic (exact) mass is 891 g/mol. The lowest BCUT2D eigenvalue weighted by Crippen LogP contribution is -2.37. The van der Waals surface area contributed by atoms with Crippen LogP contribution < -0.4 is 36.7 Å². The molecule has 25 heteroatoms. The molecule has 8 rings (SSSR count). The van der Waals surface area contributed by atoms with Crippen LogP contribution >= 0.6 is 0 Å². The van der Waals surface area contributed by atoms with Gasteiger partial charge in [0.25, 0.3) is 29.4 Å². The summed E-state index contributed by atoms with van der Waals surface area (Å²) in [5.41, 5.74) is 2.64. The Morgan fingerprint density at radius 2 is 1.11 bits per heavy atom. The number of aromatic nitrogens is 6. The SMILES string of the molecule is NNC(=O)c1cc(C(=O)NCc2ccc3c(c2)CC(=O)CO3)nc2c(F)cnn12.O=C1COc2ccc(CNC(=O)c3cc(C(=O)NCC(=O)C(F)(F)F)n4ncc(F)c4n3)cc2C1. The molecule has 330 valence electrons. The number of nitrogens with two attached hydrogens (primary N) is 1. The molecule has 6 heterocycles. The summed E-state index contributed by atoms with van der Waals surface area (Å²) in [6.07, 6.45) is -3.11. The fourth-order valence-electron chi connectivity index (χ4n) is 6.29. The van der Waals surface area contributed by atoms with E-state index in [4.69, 9.17) is 15.3 Å². The number of benzene rings is 2. The third-order valence-electron chi connectivity index (χ3n) is 9.35. The number of Topliss-reactive ketones (excluding diaryl/α,β-unsaturated/α-hetero) is 3. The Hall–Kier alpha value is -8.22. The van der Waals surface area contributed by atoms with Crippen molar-refractivity contribution in [2.75, 3.05) is 19.8 Å². The molecule has 0 saturated heterocycles. The van der Waals surface area contributed by atoms with E-state index in [-0.39, 0.29) is 67.7 Å². The standard InChI is InChI=1S/C21H15F4N5O5.C18H15FN6O4/c22-13-7-28-30-15(20(34)27-8-17(32)21(23,24)25)5-14(29-18(13)30)19(33)26-6-10-1-2-16-11(3-10)4-12(31)9-35-16;19-12-7-22-25-14(18(28)24-20)5-13(23-16(12)25)17(27)21-6-9-1-2-15-10(3-9)4-11(26)8-29-15/h1-3,5,7H,4,6,8-9H2,(H,26,33)(H,27,34);1-3,5,7H,4,6,8,20H2,(H,21,27)(H,24,28). The summed E-state index contributed by atoms with van der Waals surface area (Å²) in [4.78, 5) is 91.4. The van der Waals surface area contributed by atoms with E-state index < -0.39 is 70.8 Å². The van der Waals surface area contributed by atoms with Crippen LogP contribution in [-0.2, 0) is 40.3 Å². The van der Waals surface area contributed by atoms with Gasteiger partial charge >= 0.3 is 6.18 Å². The summed E-state index contributed by atoms with van der Waals surface area (Å²) in [6, 6.07) is 12.3. The maximum absolute atomic E-state index is 14.1. The molecule has 20 nitrogen and oxygen atoms in total. The number of fused-ring (bicyclic) bond motifs is 4. The lowest BCUT2D eigenvalue weighted by atomic mass is 10.0. The molecule has 0 spiro atoms. The number of rotatable bonds is 10. The Labute approximate surface area is 354 Å². The van der Waals surface area contributed by atoms with Gasteiger partial charge in [-0.2, -0.15) is 23.4 Å². The minimum atomic E-state index is -5.15. The quantitative estimate of drug-likeness (QED) is 0.0558. The van der Waals surface area contributed by atoms with Crippen LogP contribution in [0.25, 0.3) is 11.3 Å². The van der Waals surface area contributed by atoms with E-state index in [0.717, 1.165) is 34.0 Å². The van der Waals surface area contributed by atoms with E-state index in [1.807, 2.05) is 5.43 Å². The van der Waals surface area contributed by atoms with Crippen molar-refractivity contribution in [1.82, 2.24) is 50.6 Å². The molecule has 4 amide bonds. The highest BCUT2D eigenvalue weighted by Gasteiger charge is 2.38. The van der Waals surface area contributed by atoms with Crippen molar-refractivity contribution in [3.05, 3.63) is 118 Å². The number of alkyl halides is 3. The predicted octanol–water partition coefficient (Wildman–Crippen LogP) is 1.07. The number of ketones is 3. The third-order valence-corrected chi connectivity index (χ3v) is 9.35. The molecule has 6 aromatic rings. The minimum absolute atomic E-state index is 0.0112. The number of nitrogens with one attached hydrogen (secondary N) is 4. The van der Waals surface area contributed by atoms with Crippen LogP contribution in [0, 0.1) is 11.6 Å². The summed E-state index contributed by atoms with van der Waals surface area (Å²) >= 11 is 0. The van der Waals surface area contributed by atoms with Crippen LogP contribution in [0.4, 0.5) is 22.0 Å². The van der Waals surface area contributed by atoms with E-state index in [9.17, 15) is 55.5 Å². The molecule has 2 aromatic carbocycles. The van der Waals surface area contributed by atoms with Crippen molar-refractivity contribution < 1.29 is 65.0 Å². The number of hydrazine groups is 1. The van der Waals surface area contributed by atoms with E-state index >= 15 is 0 Å². The topological polar surface area (TPSA) is 272 Å². The zero-order valence-corrected chi connectivity index (χ0v) is 32.5. The summed E-state index contributed by atoms with van der Waals surface area (Å²) in [7, 11) is 0. The largest absolute Gasteiger partial charge is 0.486 e. The van der Waals surface area contributed by atoms with E-state index in [2.05, 4.69) is 30.8 Å². The number of amides is 4. The number of carbonyl (C=O) groups is 7. The predicted molar refractivity (Wildman–Crippen MR) is 205 cm³/mol. The van der Waals surface area contributed by atoms with Crippen molar-refractivity contribution in [2.45, 2.75) is 32.1 Å². The van der Waals surface area contributed by atoms with Gasteiger partial charge in [-0.1, -0.05) is 12.1 Å². The van der Waals surface area contributed by atoms with Crippen LogP contribution in [-0.4, -0.2) is 96.1 Å². The summed E-state index contributed by atoms with van der Waals surface area (Å²) < 4.78 is 77.5. The average Bonchev–Trinajstić information content (AvgIpc) is 3.85. The number of halogens is 5. The fraction of sp³-hybridized carbons (Fsp3) is 0.205. The fourth-order valence-corrected chi connectivity index (χ4v) is 6.29. The Bertz CT molecular complexity index is 2920. The van der Waals surface area contributed by atoms with Gasteiger partial charge in [0.15, 0.2) is 34.5 Å². The molecule has 64 heavy (non-hydrogen) atoms. The first-order chi connectivity index (χ1) is 30.5. The number of nitrogens with zero attached hydrogens (tertiary/aromatic N) is 6. The van der Waals surface area contributed by atoms with Crippen molar-refractivity contribution in [2.24, 2.45) is 5.84 Å². The van der Waals surface area contributed by atoms with Crippen molar-refractivity contribution >= 4 is 52.3 Å². The summed E-state index contributed by atoms with van der Waals surface area (Å²) in [6.45, 7) is -1.20. The van der Waals surface area contributed by atoms with Crippen LogP contribution in [0.15, 0.2) is 60.9 Å². The molecule has 0 unspecified atom stereocenters. The first kappa shape index (κ1) is 43.9. The minimum Gasteiger partial charge on any atom is -0.486 e. The first-order valence-electron chi connectivity index (χ1n) is 18.6. The van der Waals surface area contributed by atoms with Crippen molar-refractivity contribution in [1.29, 1.82) is 0 Å². The normalized spacial score (nSPS) is 13.1. The van der Waals surface area contributed by atoms with Gasteiger partial charge in [0.05, 0.1) is 18.9 Å². The number of carbonyl (C=O) groups excluding carboxylic acids is 7. The molecule has 0 bridgehead atoms. The van der Waals surface area contributed by atoms with Gasteiger partial charge < -0.3 is 25.4 Å². The van der Waals surface area contributed by atoms with E-state index in [1.54, 1.807) is 41.7 Å². The summed E-state index contributed by atoms with van der Waals surface area (Å²) in [5, 5.41) is 14.3. The molecule has 0 saturated carbocycles. The van der Waals surface area contributed by atoms with Gasteiger partial charge in [-0.05, 0) is 35.4 Å². The van der Waals surface area contributed by atoms with Crippen LogP contribution in [0.1, 0.15) is 64.2 Å². The zero-order valence-electron chi connectivity index (χ0n) is 32.5. The highest BCUT2D eigenvalue weighted by Crippen LogP contribution is 2.26. The molecular weight excluding hydrogens is 861 g/mol. The van der Waals surface area contributed by atoms with Crippen LogP contribution in [0.2, 0.25) is 0 Å². The van der Waals surface area contributed by atoms with Crippen LogP contribution in [0.5, 0.6) is 11.5 Å². The maximum Gasteiger partial charge on any atom is 0.451 e. The van der Waals surface area contributed by atoms with Gasteiger partial charge in [0.2, 0.25) is 0 Å². The van der Waals surface area contributed by atoms with Gasteiger partial charge in [0, 0.05) is 49.2 Å². The number of hydrogen-bond acceptors (Lipinski definition) is 14. The Kier molecular flexibility index (Phi) is 12.3. The van der Waals surface area contributed by atoms with Gasteiger partial charge in [-0.3, -0.25) is 39.0 Å². The van der Waals surface area contributed by atoms with Gasteiger partial charge in [-0.15, -0.1) is 0 Å². The maximum atomic E-state index is 14.1. The number of ether oxygens (including phenoxy) is 2. The molecule has 0 fully saturated rings. The number of hydrogen-bond donors (Lipinski definition) is 5. The Morgan fingerprint density at radius 3 is 1.55 bits per heavy atom. The van der Waals surface area contributed by atoms with Gasteiger partial charge in [0.1, 0.15) is 47.5 Å². The first-order valence-corrected chi connectivity index (χ1v) is 18.6. The Morgan fingerprint density at radius 1 is 0.656 bits per heavy atom. The second-order valence-corrected chi connectivity index (χ2v) is 13.8. The van der Waals surface area contributed by atoms with Crippen molar-refractivity contribution in [3.63, 3.8) is 0 Å². The molecule has 0 aliphatic carbocycles. The lowest BCUT2D eigenvalue weighted by Gasteiger charge is -2.17. The lowest BCUT2D eigenvalue weighted by molar-refractivity contribution is -0.169. The van der Waals surface area contributed by atoms with Gasteiger partial charge in [-0.25, -0.2) is 33.6 Å². The number of nitrogen functional groups attached to an aromatic ring is 1. The average molecular weight is 892 g/mol. The molecular formula is C39H30F5N11O9.